The average Bonchev–Trinajstić information content (AvgIpc) is 3.78. The molecule has 59 heavy (non-hydrogen) atoms. The number of carbonyl (C=O) groups is 4. The Balaban J connectivity index is 1.44. The van der Waals surface area contributed by atoms with Gasteiger partial charge in [-0.15, -0.1) is 0 Å². The average molecular weight is 824 g/mol. The number of amides is 1. The summed E-state index contributed by atoms with van der Waals surface area (Å²) in [5.74, 6) is -4.56. The van der Waals surface area contributed by atoms with Crippen LogP contribution in [0.15, 0.2) is 49.4 Å². The van der Waals surface area contributed by atoms with Crippen LogP contribution in [0, 0.1) is 23.7 Å². The first-order valence-electron chi connectivity index (χ1n) is 21.0. The Morgan fingerprint density at radius 2 is 1.73 bits per heavy atom. The summed E-state index contributed by atoms with van der Waals surface area (Å²) in [5, 5.41) is 11.1. The van der Waals surface area contributed by atoms with Crippen LogP contribution >= 0.6 is 0 Å². The third kappa shape index (κ3) is 9.74. The standard InChI is InChI=1S/C44H65N5O10/c1-12-35-43(8)39(49(42(54)59-43)19-14-13-18-48-24-33(46-25-48)32-16-15-17-45-23-32)29(5)36(50)26(2)21-44(55-11,22-27(3)37(51)30(6)40(52)58-35)31(7)57-38-34(47(9)10)20-28(4)56-41(38)53/h15-17,23-30,34-35,38-39,41,53H,7,12-14,18-22H2,1-6,8-11H3/t26-,27-,28-,29+,30-,34+,35-,38-,39-,41-,43-,44-/m1/s1. The van der Waals surface area contributed by atoms with Gasteiger partial charge in [0.15, 0.2) is 18.0 Å². The number of rotatable bonds is 12. The van der Waals surface area contributed by atoms with E-state index < -0.39 is 71.5 Å². The fourth-order valence-electron chi connectivity index (χ4n) is 9.43. The molecule has 0 unspecified atom stereocenters. The van der Waals surface area contributed by atoms with Crippen molar-refractivity contribution in [3.63, 3.8) is 0 Å². The van der Waals surface area contributed by atoms with Gasteiger partial charge in [0, 0.05) is 62.1 Å². The molecule has 15 heteroatoms. The highest BCUT2D eigenvalue weighted by Gasteiger charge is 2.60. The van der Waals surface area contributed by atoms with Crippen molar-refractivity contribution in [1.29, 1.82) is 0 Å². The number of unbranched alkanes of at least 4 members (excludes halogenated alkanes) is 1. The zero-order valence-corrected chi connectivity index (χ0v) is 36.5. The minimum Gasteiger partial charge on any atom is -0.485 e. The second kappa shape index (κ2) is 19.0. The number of aryl methyl sites for hydroxylation is 1. The molecule has 1 N–H and O–H groups in total. The monoisotopic (exact) mass is 823 g/mol. The summed E-state index contributed by atoms with van der Waals surface area (Å²) in [5.41, 5.74) is -1.10. The van der Waals surface area contributed by atoms with E-state index in [4.69, 9.17) is 23.7 Å². The van der Waals surface area contributed by atoms with E-state index in [0.29, 0.717) is 25.8 Å². The fraction of sp³-hybridized carbons (Fsp3) is 0.682. The molecule has 2 aromatic rings. The van der Waals surface area contributed by atoms with Gasteiger partial charge in [0.25, 0.3) is 0 Å². The van der Waals surface area contributed by atoms with E-state index in [1.807, 2.05) is 55.7 Å². The number of aliphatic hydroxyl groups excluding tert-OH is 1. The molecule has 0 spiro atoms. The van der Waals surface area contributed by atoms with Gasteiger partial charge in [-0.2, -0.15) is 0 Å². The van der Waals surface area contributed by atoms with E-state index in [-0.39, 0.29) is 55.3 Å². The summed E-state index contributed by atoms with van der Waals surface area (Å²) < 4.78 is 32.8. The fourth-order valence-corrected chi connectivity index (χ4v) is 9.43. The quantitative estimate of drug-likeness (QED) is 0.124. The van der Waals surface area contributed by atoms with Crippen LogP contribution in [-0.4, -0.2) is 129 Å². The Hall–Kier alpha value is -4.18. The lowest BCUT2D eigenvalue weighted by Crippen LogP contribution is -2.58. The lowest BCUT2D eigenvalue weighted by molar-refractivity contribution is -0.241. The van der Waals surface area contributed by atoms with E-state index in [0.717, 1.165) is 11.3 Å². The second-order valence-corrected chi connectivity index (χ2v) is 17.3. The maximum Gasteiger partial charge on any atom is 0.410 e. The summed E-state index contributed by atoms with van der Waals surface area (Å²) in [7, 11) is 5.26. The number of hydrogen-bond acceptors (Lipinski definition) is 13. The van der Waals surface area contributed by atoms with Gasteiger partial charge in [-0.1, -0.05) is 34.3 Å². The van der Waals surface area contributed by atoms with Crippen molar-refractivity contribution >= 4 is 23.6 Å². The highest BCUT2D eigenvalue weighted by atomic mass is 16.6. The molecule has 1 amide bonds. The molecule has 326 valence electrons. The Bertz CT molecular complexity index is 1800. The third-order valence-electron chi connectivity index (χ3n) is 12.8. The second-order valence-electron chi connectivity index (χ2n) is 17.3. The van der Waals surface area contributed by atoms with E-state index >= 15 is 0 Å². The normalized spacial score (nSPS) is 34.9. The summed E-state index contributed by atoms with van der Waals surface area (Å²) in [6.45, 7) is 17.4. The number of ketones is 2. The molecular weight excluding hydrogens is 759 g/mol. The molecule has 3 fully saturated rings. The lowest BCUT2D eigenvalue weighted by Gasteiger charge is -2.45. The first-order chi connectivity index (χ1) is 27.9. The summed E-state index contributed by atoms with van der Waals surface area (Å²) >= 11 is 0. The van der Waals surface area contributed by atoms with Crippen molar-refractivity contribution < 1.29 is 48.0 Å². The molecule has 2 aromatic heterocycles. The Labute approximate surface area is 348 Å². The topological polar surface area (TPSA) is 172 Å². The Morgan fingerprint density at radius 1 is 1.05 bits per heavy atom. The summed E-state index contributed by atoms with van der Waals surface area (Å²) in [6.07, 6.45) is 5.55. The maximum absolute atomic E-state index is 14.8. The molecule has 3 saturated heterocycles. The number of aliphatic hydroxyl groups is 1. The first-order valence-corrected chi connectivity index (χ1v) is 21.0. The highest BCUT2D eigenvalue weighted by Crippen LogP contribution is 2.44. The number of hydrogen-bond donors (Lipinski definition) is 1. The zero-order chi connectivity index (χ0) is 43.4. The molecule has 0 radical (unpaired) electrons. The smallest absolute Gasteiger partial charge is 0.410 e. The van der Waals surface area contributed by atoms with Crippen LogP contribution in [0.2, 0.25) is 0 Å². The molecular formula is C44H65N5O10. The van der Waals surface area contributed by atoms with Crippen molar-refractivity contribution in [2.24, 2.45) is 23.7 Å². The number of nitrogens with zero attached hydrogens (tertiary/aromatic N) is 5. The van der Waals surface area contributed by atoms with Gasteiger partial charge in [-0.05, 0) is 85.5 Å². The number of aromatic nitrogens is 3. The van der Waals surface area contributed by atoms with E-state index in [9.17, 15) is 24.3 Å². The predicted molar refractivity (Wildman–Crippen MR) is 219 cm³/mol. The number of carbonyl (C=O) groups excluding carboxylic acids is 4. The number of ether oxygens (including phenoxy) is 5. The van der Waals surface area contributed by atoms with Crippen LogP contribution in [0.5, 0.6) is 0 Å². The minimum atomic E-state index is -1.42. The lowest BCUT2D eigenvalue weighted by atomic mass is 9.73. The number of pyridine rings is 1. The zero-order valence-electron chi connectivity index (χ0n) is 36.5. The predicted octanol–water partition coefficient (Wildman–Crippen LogP) is 5.44. The summed E-state index contributed by atoms with van der Waals surface area (Å²) in [4.78, 5) is 68.8. The van der Waals surface area contributed by atoms with Crippen LogP contribution in [0.4, 0.5) is 4.79 Å². The maximum atomic E-state index is 14.8. The number of methoxy groups -OCH3 is 1. The van der Waals surface area contributed by atoms with Crippen LogP contribution in [0.1, 0.15) is 87.0 Å². The number of Topliss-reactive ketones (excluding diaryl/α,β-unsaturated/α-hetero) is 2. The molecule has 3 aliphatic rings. The van der Waals surface area contributed by atoms with Crippen molar-refractivity contribution in [3.8, 4) is 11.3 Å². The van der Waals surface area contributed by atoms with Gasteiger partial charge in [-0.25, -0.2) is 9.78 Å². The molecule has 15 nitrogen and oxygen atoms in total. The largest absolute Gasteiger partial charge is 0.485 e. The van der Waals surface area contributed by atoms with Gasteiger partial charge in [0.2, 0.25) is 0 Å². The van der Waals surface area contributed by atoms with Crippen LogP contribution < -0.4 is 0 Å². The van der Waals surface area contributed by atoms with Crippen molar-refractivity contribution in [2.75, 3.05) is 27.7 Å². The highest BCUT2D eigenvalue weighted by molar-refractivity contribution is 5.99. The molecule has 0 aliphatic carbocycles. The van der Waals surface area contributed by atoms with E-state index in [1.165, 1.54) is 14.0 Å². The van der Waals surface area contributed by atoms with Crippen LogP contribution in [0.25, 0.3) is 11.3 Å². The molecule has 5 rings (SSSR count). The van der Waals surface area contributed by atoms with Crippen molar-refractivity contribution in [3.05, 3.63) is 49.4 Å². The molecule has 0 bridgehead atoms. The van der Waals surface area contributed by atoms with Crippen LogP contribution in [-0.2, 0) is 44.6 Å². The number of fused-ring (bicyclic) bond motifs is 1. The van der Waals surface area contributed by atoms with Crippen molar-refractivity contribution in [2.45, 2.75) is 141 Å². The van der Waals surface area contributed by atoms with Gasteiger partial charge < -0.3 is 43.2 Å². The number of imidazole rings is 1. The third-order valence-corrected chi connectivity index (χ3v) is 12.8. The molecule has 12 atom stereocenters. The van der Waals surface area contributed by atoms with E-state index in [2.05, 4.69) is 16.5 Å². The number of cyclic esters (lactones) is 1. The van der Waals surface area contributed by atoms with Crippen LogP contribution in [0.3, 0.4) is 0 Å². The van der Waals surface area contributed by atoms with E-state index in [1.54, 1.807) is 51.3 Å². The number of esters is 1. The Kier molecular flexibility index (Phi) is 14.8. The summed E-state index contributed by atoms with van der Waals surface area (Å²) in [6, 6.07) is 2.75. The van der Waals surface area contributed by atoms with Gasteiger partial charge in [-0.3, -0.25) is 19.4 Å². The first kappa shape index (κ1) is 45.9. The molecule has 3 aliphatic heterocycles. The minimum absolute atomic E-state index is 0.0320. The SMILES string of the molecule is C=C(O[C@H]1[C@H](O)O[C@H](C)C[C@@H]1N(C)C)[C@]1(OC)C[C@@H](C)C(=O)[C@@H](C)C(=O)O[C@H](CC)[C@@]2(C)OC(=O)N(CCCCn3cnc(-c4cccnc4)c3)[C@@H]2[C@@H](C)C(=O)[C@H](C)C1. The van der Waals surface area contributed by atoms with Crippen molar-refractivity contribution in [1.82, 2.24) is 24.3 Å². The molecule has 5 heterocycles. The molecule has 0 saturated carbocycles. The van der Waals surface area contributed by atoms with Gasteiger partial charge >= 0.3 is 12.1 Å². The number of likely N-dealkylation sites (N-methyl/N-ethyl adjacent to an activating group) is 1. The van der Waals surface area contributed by atoms with Gasteiger partial charge in [0.05, 0.1) is 30.2 Å². The van der Waals surface area contributed by atoms with Gasteiger partial charge in [0.1, 0.15) is 34.9 Å². The Morgan fingerprint density at radius 3 is 2.36 bits per heavy atom. The molecule has 0 aromatic carbocycles.